The van der Waals surface area contributed by atoms with Gasteiger partial charge >= 0.3 is 0 Å². The van der Waals surface area contributed by atoms with Gasteiger partial charge in [0.05, 0.1) is 11.4 Å². The van der Waals surface area contributed by atoms with Gasteiger partial charge in [-0.1, -0.05) is 15.9 Å². The van der Waals surface area contributed by atoms with Gasteiger partial charge in [0.2, 0.25) is 0 Å². The lowest BCUT2D eigenvalue weighted by Crippen LogP contribution is -2.13. The monoisotopic (exact) mass is 308 g/mol. The van der Waals surface area contributed by atoms with E-state index in [2.05, 4.69) is 31.4 Å². The lowest BCUT2D eigenvalue weighted by Gasteiger charge is -2.05. The molecule has 6 heteroatoms. The van der Waals surface area contributed by atoms with E-state index >= 15 is 0 Å². The van der Waals surface area contributed by atoms with E-state index in [-0.39, 0.29) is 5.91 Å². The van der Waals surface area contributed by atoms with Gasteiger partial charge in [0.25, 0.3) is 5.91 Å². The van der Waals surface area contributed by atoms with Gasteiger partial charge in [-0.15, -0.1) is 0 Å². The maximum absolute atomic E-state index is 12.0. The third kappa shape index (κ3) is 2.53. The molecule has 0 aliphatic rings. The molecule has 2 aromatic rings. The number of aryl methyl sites for hydroxylation is 2. The Bertz CT molecular complexity index is 586. The topological polar surface area (TPSA) is 83.8 Å². The van der Waals surface area contributed by atoms with Crippen molar-refractivity contribution in [3.63, 3.8) is 0 Å². The molecule has 0 unspecified atom stereocenters. The van der Waals surface area contributed by atoms with Crippen LogP contribution < -0.4 is 11.1 Å². The Labute approximate surface area is 113 Å². The van der Waals surface area contributed by atoms with Gasteiger partial charge in [-0.05, 0) is 37.6 Å². The second kappa shape index (κ2) is 4.81. The van der Waals surface area contributed by atoms with Crippen molar-refractivity contribution in [1.29, 1.82) is 0 Å². The molecule has 0 saturated heterocycles. The smallest absolute Gasteiger partial charge is 0.256 e. The van der Waals surface area contributed by atoms with E-state index in [1.54, 1.807) is 19.1 Å². The lowest BCUT2D eigenvalue weighted by atomic mass is 10.1. The molecule has 0 bridgehead atoms. The molecule has 2 rings (SSSR count). The molecular weight excluding hydrogens is 296 g/mol. The fraction of sp³-hybridized carbons (Fsp3) is 0.167. The van der Waals surface area contributed by atoms with E-state index < -0.39 is 0 Å². The summed E-state index contributed by atoms with van der Waals surface area (Å²) in [6, 6.07) is 5.48. The number of benzene rings is 1. The highest BCUT2D eigenvalue weighted by molar-refractivity contribution is 9.10. The fourth-order valence-corrected chi connectivity index (χ4v) is 2.19. The summed E-state index contributed by atoms with van der Waals surface area (Å²) in [5.74, 6) is 0.118. The number of carbonyl (C=O) groups excluding carboxylic acids is 1. The number of nitrogens with two attached hydrogens (primary N) is 1. The third-order valence-corrected chi connectivity index (χ3v) is 2.99. The minimum atomic E-state index is -0.238. The highest BCUT2D eigenvalue weighted by atomic mass is 79.9. The molecule has 1 aromatic heterocycles. The van der Waals surface area contributed by atoms with Gasteiger partial charge in [-0.2, -0.15) is 5.10 Å². The maximum atomic E-state index is 12.0. The highest BCUT2D eigenvalue weighted by Crippen LogP contribution is 2.20. The normalized spacial score (nSPS) is 10.4. The number of nitrogens with zero attached hydrogens (tertiary/aromatic N) is 1. The van der Waals surface area contributed by atoms with E-state index in [1.165, 1.54) is 0 Å². The van der Waals surface area contributed by atoms with Crippen molar-refractivity contribution in [2.24, 2.45) is 0 Å². The molecule has 18 heavy (non-hydrogen) atoms. The number of hydrogen-bond donors (Lipinski definition) is 3. The zero-order valence-corrected chi connectivity index (χ0v) is 11.6. The number of nitrogen functional groups attached to an aromatic ring is 1. The number of anilines is 2. The van der Waals surface area contributed by atoms with Gasteiger partial charge in [0, 0.05) is 10.0 Å². The molecule has 0 atom stereocenters. The van der Waals surface area contributed by atoms with Crippen molar-refractivity contribution >= 4 is 33.3 Å². The second-order valence-corrected chi connectivity index (χ2v) is 5.00. The summed E-state index contributed by atoms with van der Waals surface area (Å²) in [6.07, 6.45) is 0. The molecule has 0 aliphatic carbocycles. The van der Waals surface area contributed by atoms with Gasteiger partial charge in [-0.25, -0.2) is 0 Å². The molecule has 0 aliphatic heterocycles. The number of nitrogens with one attached hydrogen (secondary N) is 2. The molecule has 1 amide bonds. The van der Waals surface area contributed by atoms with Crippen molar-refractivity contribution in [3.8, 4) is 0 Å². The SMILES string of the molecule is Cc1cc(Br)cc(C(=O)Nc2n[nH]c(C)c2N)c1. The van der Waals surface area contributed by atoms with Crippen LogP contribution in [0.3, 0.4) is 0 Å². The summed E-state index contributed by atoms with van der Waals surface area (Å²) in [4.78, 5) is 12.0. The predicted molar refractivity (Wildman–Crippen MR) is 74.6 cm³/mol. The van der Waals surface area contributed by atoms with Crippen molar-refractivity contribution < 1.29 is 4.79 Å². The Balaban J connectivity index is 2.24. The molecule has 0 fully saturated rings. The minimum Gasteiger partial charge on any atom is -0.394 e. The fourth-order valence-electron chi connectivity index (χ4n) is 1.58. The molecular formula is C12H13BrN4O. The largest absolute Gasteiger partial charge is 0.394 e. The summed E-state index contributed by atoms with van der Waals surface area (Å²) < 4.78 is 0.860. The summed E-state index contributed by atoms with van der Waals surface area (Å²) >= 11 is 3.36. The van der Waals surface area contributed by atoms with E-state index in [0.29, 0.717) is 17.1 Å². The maximum Gasteiger partial charge on any atom is 0.256 e. The number of carbonyl (C=O) groups is 1. The Morgan fingerprint density at radius 1 is 1.39 bits per heavy atom. The average molecular weight is 309 g/mol. The van der Waals surface area contributed by atoms with E-state index in [1.807, 2.05) is 13.0 Å². The molecule has 1 aromatic carbocycles. The lowest BCUT2D eigenvalue weighted by molar-refractivity contribution is 0.102. The highest BCUT2D eigenvalue weighted by Gasteiger charge is 2.12. The molecule has 5 nitrogen and oxygen atoms in total. The number of halogens is 1. The number of H-pyrrole nitrogens is 1. The Hall–Kier alpha value is -1.82. The zero-order chi connectivity index (χ0) is 13.3. The van der Waals surface area contributed by atoms with Crippen molar-refractivity contribution in [2.45, 2.75) is 13.8 Å². The number of rotatable bonds is 2. The van der Waals surface area contributed by atoms with Crippen molar-refractivity contribution in [2.75, 3.05) is 11.1 Å². The molecule has 0 radical (unpaired) electrons. The molecule has 0 spiro atoms. The van der Waals surface area contributed by atoms with Crippen molar-refractivity contribution in [1.82, 2.24) is 10.2 Å². The van der Waals surface area contributed by atoms with Crippen LogP contribution in [0.5, 0.6) is 0 Å². The van der Waals surface area contributed by atoms with E-state index in [4.69, 9.17) is 5.73 Å². The number of aromatic nitrogens is 2. The first-order valence-corrected chi connectivity index (χ1v) is 6.15. The first-order chi connectivity index (χ1) is 8.47. The summed E-state index contributed by atoms with van der Waals surface area (Å²) in [6.45, 7) is 3.72. The number of aromatic amines is 1. The van der Waals surface area contributed by atoms with Crippen LogP contribution in [0.4, 0.5) is 11.5 Å². The Morgan fingerprint density at radius 2 is 2.11 bits per heavy atom. The van der Waals surface area contributed by atoms with E-state index in [0.717, 1.165) is 15.7 Å². The van der Waals surface area contributed by atoms with Gasteiger partial charge in [-0.3, -0.25) is 9.89 Å². The first kappa shape index (κ1) is 12.6. The van der Waals surface area contributed by atoms with Crippen molar-refractivity contribution in [3.05, 3.63) is 39.5 Å². The van der Waals surface area contributed by atoms with Gasteiger partial charge in [0.15, 0.2) is 5.82 Å². The molecule has 0 saturated carbocycles. The minimum absolute atomic E-state index is 0.238. The molecule has 1 heterocycles. The van der Waals surface area contributed by atoms with Crippen LogP contribution in [0.15, 0.2) is 22.7 Å². The Kier molecular flexibility index (Phi) is 3.38. The van der Waals surface area contributed by atoms with Gasteiger partial charge in [0.1, 0.15) is 0 Å². The number of hydrogen-bond acceptors (Lipinski definition) is 3. The summed E-state index contributed by atoms with van der Waals surface area (Å²) in [7, 11) is 0. The zero-order valence-electron chi connectivity index (χ0n) is 10.0. The number of amides is 1. The van der Waals surface area contributed by atoms with Crippen LogP contribution in [0.2, 0.25) is 0 Å². The van der Waals surface area contributed by atoms with Crippen LogP contribution in [0.1, 0.15) is 21.6 Å². The van der Waals surface area contributed by atoms with E-state index in [9.17, 15) is 4.79 Å². The predicted octanol–water partition coefficient (Wildman–Crippen LogP) is 2.62. The Morgan fingerprint density at radius 3 is 2.67 bits per heavy atom. The summed E-state index contributed by atoms with van der Waals surface area (Å²) in [5.41, 5.74) is 8.51. The van der Waals surface area contributed by atoms with Gasteiger partial charge < -0.3 is 11.1 Å². The van der Waals surface area contributed by atoms with Crippen LogP contribution in [-0.4, -0.2) is 16.1 Å². The molecule has 4 N–H and O–H groups in total. The quantitative estimate of drug-likeness (QED) is 0.797. The standard InChI is InChI=1S/C12H13BrN4O/c1-6-3-8(5-9(13)4-6)12(18)15-11-10(14)7(2)16-17-11/h3-5H,14H2,1-2H3,(H2,15,16,17,18). The first-order valence-electron chi connectivity index (χ1n) is 5.36. The average Bonchev–Trinajstić information content (AvgIpc) is 2.59. The van der Waals surface area contributed by atoms with Crippen LogP contribution in [0, 0.1) is 13.8 Å². The molecule has 94 valence electrons. The van der Waals surface area contributed by atoms with Crippen LogP contribution in [-0.2, 0) is 0 Å². The van der Waals surface area contributed by atoms with Crippen LogP contribution >= 0.6 is 15.9 Å². The van der Waals surface area contributed by atoms with Crippen LogP contribution in [0.25, 0.3) is 0 Å². The summed E-state index contributed by atoms with van der Waals surface area (Å²) in [5, 5.41) is 9.32. The second-order valence-electron chi connectivity index (χ2n) is 4.08. The third-order valence-electron chi connectivity index (χ3n) is 2.53.